The van der Waals surface area contributed by atoms with Crippen LogP contribution in [0.5, 0.6) is 5.75 Å². The summed E-state index contributed by atoms with van der Waals surface area (Å²) in [5.74, 6) is -1.17. The van der Waals surface area contributed by atoms with Crippen molar-refractivity contribution in [2.75, 3.05) is 13.2 Å². The van der Waals surface area contributed by atoms with Crippen LogP contribution >= 0.6 is 0 Å². The van der Waals surface area contributed by atoms with Crippen LogP contribution < -0.4 is 15.6 Å². The van der Waals surface area contributed by atoms with Crippen LogP contribution in [0.4, 0.5) is 0 Å². The molecule has 1 rings (SSSR count). The van der Waals surface area contributed by atoms with Crippen molar-refractivity contribution >= 4 is 17.8 Å². The van der Waals surface area contributed by atoms with Crippen LogP contribution in [0.3, 0.4) is 0 Å². The second-order valence-corrected chi connectivity index (χ2v) is 4.50. The first-order valence-electron chi connectivity index (χ1n) is 6.29. The molecule has 0 spiro atoms. The molecule has 0 aliphatic carbocycles. The van der Waals surface area contributed by atoms with E-state index in [1.54, 1.807) is 12.1 Å². The third-order valence-corrected chi connectivity index (χ3v) is 2.29. The van der Waals surface area contributed by atoms with Gasteiger partial charge >= 0.3 is 5.97 Å². The van der Waals surface area contributed by atoms with Gasteiger partial charge in [0, 0.05) is 6.92 Å². The molecular weight excluding hydrogens is 276 g/mol. The number of rotatable bonds is 5. The normalized spacial score (nSPS) is 9.67. The minimum atomic E-state index is -0.674. The quantitative estimate of drug-likeness (QED) is 0.605. The lowest BCUT2D eigenvalue weighted by Crippen LogP contribution is -2.42. The Morgan fingerprint density at radius 3 is 2.19 bits per heavy atom. The number of carbonyl (C=O) groups is 3. The Kier molecular flexibility index (Phi) is 6.19. The van der Waals surface area contributed by atoms with E-state index in [2.05, 4.69) is 10.9 Å². The van der Waals surface area contributed by atoms with Gasteiger partial charge in [-0.05, 0) is 37.1 Å². The summed E-state index contributed by atoms with van der Waals surface area (Å²) in [4.78, 5) is 33.1. The summed E-state index contributed by atoms with van der Waals surface area (Å²) < 4.78 is 9.97. The Labute approximate surface area is 122 Å². The fourth-order valence-corrected chi connectivity index (χ4v) is 1.54. The molecule has 0 atom stereocenters. The number of benzene rings is 1. The molecule has 2 amide bonds. The van der Waals surface area contributed by atoms with E-state index >= 15 is 0 Å². The molecule has 1 aromatic carbocycles. The van der Waals surface area contributed by atoms with Gasteiger partial charge in [-0.25, -0.2) is 4.79 Å². The molecule has 0 saturated carbocycles. The van der Waals surface area contributed by atoms with E-state index in [9.17, 15) is 14.4 Å². The van der Waals surface area contributed by atoms with Gasteiger partial charge in [-0.1, -0.05) is 6.07 Å². The van der Waals surface area contributed by atoms with Crippen LogP contribution in [-0.2, 0) is 19.1 Å². The molecule has 0 radical (unpaired) electrons. The highest BCUT2D eigenvalue weighted by Gasteiger charge is 2.09. The first-order valence-corrected chi connectivity index (χ1v) is 6.29. The molecule has 0 fully saturated rings. The molecule has 0 aliphatic rings. The smallest absolute Gasteiger partial charge is 0.344 e. The Morgan fingerprint density at radius 2 is 1.62 bits per heavy atom. The van der Waals surface area contributed by atoms with Crippen molar-refractivity contribution in [3.05, 3.63) is 29.3 Å². The van der Waals surface area contributed by atoms with Crippen LogP contribution in [0.25, 0.3) is 0 Å². The van der Waals surface area contributed by atoms with Crippen molar-refractivity contribution in [1.29, 1.82) is 0 Å². The predicted octanol–water partition coefficient (Wildman–Crippen LogP) is 0.393. The molecule has 0 unspecified atom stereocenters. The lowest BCUT2D eigenvalue weighted by molar-refractivity contribution is -0.150. The van der Waals surface area contributed by atoms with E-state index < -0.39 is 24.4 Å². The third kappa shape index (κ3) is 6.95. The number of aryl methyl sites for hydroxylation is 2. The molecule has 2 N–H and O–H groups in total. The van der Waals surface area contributed by atoms with Crippen molar-refractivity contribution in [2.24, 2.45) is 0 Å². The van der Waals surface area contributed by atoms with Gasteiger partial charge in [0.15, 0.2) is 13.2 Å². The zero-order valence-electron chi connectivity index (χ0n) is 12.2. The molecule has 0 saturated heterocycles. The monoisotopic (exact) mass is 294 g/mol. The number of hydrazine groups is 1. The Hall–Kier alpha value is -2.57. The molecule has 21 heavy (non-hydrogen) atoms. The lowest BCUT2D eigenvalue weighted by atomic mass is 10.1. The van der Waals surface area contributed by atoms with E-state index in [4.69, 9.17) is 9.47 Å². The van der Waals surface area contributed by atoms with Crippen LogP contribution in [-0.4, -0.2) is 31.0 Å². The first-order chi connectivity index (χ1) is 9.86. The number of esters is 1. The fraction of sp³-hybridized carbons (Fsp3) is 0.357. The Balaban J connectivity index is 2.31. The molecule has 0 bridgehead atoms. The van der Waals surface area contributed by atoms with Gasteiger partial charge in [-0.3, -0.25) is 20.4 Å². The molecule has 114 valence electrons. The van der Waals surface area contributed by atoms with Crippen LogP contribution in [0.15, 0.2) is 18.2 Å². The summed E-state index contributed by atoms with van der Waals surface area (Å²) in [5, 5.41) is 0. The maximum Gasteiger partial charge on any atom is 0.344 e. The average Bonchev–Trinajstić information content (AvgIpc) is 2.39. The standard InChI is InChI=1S/C14H18N2O5/c1-9-4-10(2)6-12(5-9)20-8-14(19)21-7-13(18)16-15-11(3)17/h4-6H,7-8H2,1-3H3,(H,15,17)(H,16,18). The molecule has 0 heterocycles. The maximum absolute atomic E-state index is 11.4. The van der Waals surface area contributed by atoms with Gasteiger partial charge in [-0.15, -0.1) is 0 Å². The molecule has 0 aromatic heterocycles. The fourth-order valence-electron chi connectivity index (χ4n) is 1.54. The third-order valence-electron chi connectivity index (χ3n) is 2.29. The summed E-state index contributed by atoms with van der Waals surface area (Å²) >= 11 is 0. The molecule has 0 aliphatic heterocycles. The van der Waals surface area contributed by atoms with Crippen LogP contribution in [0.2, 0.25) is 0 Å². The molecule has 7 heteroatoms. The topological polar surface area (TPSA) is 93.7 Å². The van der Waals surface area contributed by atoms with E-state index in [-0.39, 0.29) is 6.61 Å². The number of carbonyl (C=O) groups excluding carboxylic acids is 3. The Bertz CT molecular complexity index is 522. The SMILES string of the molecule is CC(=O)NNC(=O)COC(=O)COc1cc(C)cc(C)c1. The minimum Gasteiger partial charge on any atom is -0.482 e. The number of hydrogen-bond acceptors (Lipinski definition) is 5. The maximum atomic E-state index is 11.4. The van der Waals surface area contributed by atoms with E-state index in [1.165, 1.54) is 6.92 Å². The van der Waals surface area contributed by atoms with E-state index in [0.717, 1.165) is 11.1 Å². The summed E-state index contributed by atoms with van der Waals surface area (Å²) in [5.41, 5.74) is 6.19. The van der Waals surface area contributed by atoms with Gasteiger partial charge in [0.2, 0.25) is 5.91 Å². The van der Waals surface area contributed by atoms with Gasteiger partial charge in [0.1, 0.15) is 5.75 Å². The highest BCUT2D eigenvalue weighted by atomic mass is 16.6. The van der Waals surface area contributed by atoms with Crippen LogP contribution in [0, 0.1) is 13.8 Å². The van der Waals surface area contributed by atoms with Gasteiger partial charge in [0.05, 0.1) is 0 Å². The van der Waals surface area contributed by atoms with Gasteiger partial charge in [0.25, 0.3) is 5.91 Å². The predicted molar refractivity (Wildman–Crippen MR) is 74.3 cm³/mol. The van der Waals surface area contributed by atoms with Crippen molar-refractivity contribution < 1.29 is 23.9 Å². The Morgan fingerprint density at radius 1 is 1.00 bits per heavy atom. The van der Waals surface area contributed by atoms with Gasteiger partial charge < -0.3 is 9.47 Å². The zero-order chi connectivity index (χ0) is 15.8. The van der Waals surface area contributed by atoms with Crippen LogP contribution in [0.1, 0.15) is 18.1 Å². The molecule has 1 aromatic rings. The largest absolute Gasteiger partial charge is 0.482 e. The highest BCUT2D eigenvalue weighted by Crippen LogP contribution is 2.15. The minimum absolute atomic E-state index is 0.295. The molecular formula is C14H18N2O5. The summed E-state index contributed by atoms with van der Waals surface area (Å²) in [6, 6.07) is 5.57. The molecule has 7 nitrogen and oxygen atoms in total. The summed E-state index contributed by atoms with van der Waals surface area (Å²) in [6.07, 6.45) is 0. The lowest BCUT2D eigenvalue weighted by Gasteiger charge is -2.09. The second-order valence-electron chi connectivity index (χ2n) is 4.50. The average molecular weight is 294 g/mol. The highest BCUT2D eigenvalue weighted by molar-refractivity contribution is 5.83. The summed E-state index contributed by atoms with van der Waals surface area (Å²) in [6.45, 7) is 4.30. The van der Waals surface area contributed by atoms with Crippen molar-refractivity contribution in [1.82, 2.24) is 10.9 Å². The number of ether oxygens (including phenoxy) is 2. The van der Waals surface area contributed by atoms with Crippen molar-refractivity contribution in [3.63, 3.8) is 0 Å². The van der Waals surface area contributed by atoms with Crippen molar-refractivity contribution in [3.8, 4) is 5.75 Å². The number of nitrogens with one attached hydrogen (secondary N) is 2. The number of amides is 2. The van der Waals surface area contributed by atoms with Crippen molar-refractivity contribution in [2.45, 2.75) is 20.8 Å². The van der Waals surface area contributed by atoms with E-state index in [0.29, 0.717) is 5.75 Å². The van der Waals surface area contributed by atoms with Gasteiger partial charge in [-0.2, -0.15) is 0 Å². The second kappa shape index (κ2) is 7.88. The zero-order valence-corrected chi connectivity index (χ0v) is 12.2. The first kappa shape index (κ1) is 16.5. The summed E-state index contributed by atoms with van der Waals surface area (Å²) in [7, 11) is 0. The number of hydrogen-bond donors (Lipinski definition) is 2. The van der Waals surface area contributed by atoms with E-state index in [1.807, 2.05) is 19.9 Å².